The number of aryl methyl sites for hydroxylation is 1. The third-order valence-electron chi connectivity index (χ3n) is 1.78. The van der Waals surface area contributed by atoms with Gasteiger partial charge >= 0.3 is 0 Å². The van der Waals surface area contributed by atoms with Gasteiger partial charge < -0.3 is 0 Å². The second kappa shape index (κ2) is 6.58. The summed E-state index contributed by atoms with van der Waals surface area (Å²) in [5.74, 6) is 0.381. The van der Waals surface area contributed by atoms with Crippen molar-refractivity contribution >= 4 is 17.2 Å². The number of hydroxylamine groups is 1. The maximum absolute atomic E-state index is 11.3. The first-order valence-electron chi connectivity index (χ1n) is 5.11. The highest BCUT2D eigenvalue weighted by atomic mass is 32.1. The maximum Gasteiger partial charge on any atom is 0.243 e. The van der Waals surface area contributed by atoms with Gasteiger partial charge in [0.25, 0.3) is 0 Å². The molecule has 0 fully saturated rings. The molecule has 0 atom stereocenters. The highest BCUT2D eigenvalue weighted by molar-refractivity contribution is 7.09. The Labute approximate surface area is 94.4 Å². The van der Waals surface area contributed by atoms with Crippen molar-refractivity contribution in [2.45, 2.75) is 26.7 Å². The van der Waals surface area contributed by atoms with E-state index in [1.807, 2.05) is 31.4 Å². The van der Waals surface area contributed by atoms with Crippen molar-refractivity contribution in [2.75, 3.05) is 6.61 Å². The molecule has 1 aromatic heterocycles. The van der Waals surface area contributed by atoms with Gasteiger partial charge in [-0.2, -0.15) is 0 Å². The molecule has 15 heavy (non-hydrogen) atoms. The third kappa shape index (κ3) is 5.54. The summed E-state index contributed by atoms with van der Waals surface area (Å²) in [5.41, 5.74) is 2.44. The number of nitrogens with one attached hydrogen (secondary N) is 1. The Balaban J connectivity index is 2.09. The van der Waals surface area contributed by atoms with Crippen LogP contribution in [0.5, 0.6) is 0 Å². The molecule has 3 nitrogen and oxygen atoms in total. The van der Waals surface area contributed by atoms with E-state index in [-0.39, 0.29) is 5.91 Å². The maximum atomic E-state index is 11.3. The molecular weight excluding hydrogens is 210 g/mol. The van der Waals surface area contributed by atoms with Crippen LogP contribution in [0.4, 0.5) is 0 Å². The van der Waals surface area contributed by atoms with Crippen molar-refractivity contribution < 1.29 is 9.63 Å². The summed E-state index contributed by atoms with van der Waals surface area (Å²) in [4.78, 5) is 17.5. The summed E-state index contributed by atoms with van der Waals surface area (Å²) in [7, 11) is 0. The zero-order valence-corrected chi connectivity index (χ0v) is 9.97. The molecule has 0 bridgehead atoms. The van der Waals surface area contributed by atoms with Crippen LogP contribution in [0.3, 0.4) is 0 Å². The minimum Gasteiger partial charge on any atom is -0.273 e. The van der Waals surface area contributed by atoms with Gasteiger partial charge in [-0.15, -0.1) is 11.3 Å². The van der Waals surface area contributed by atoms with Crippen molar-refractivity contribution in [3.05, 3.63) is 22.4 Å². The molecular formula is C11H17NO2S. The third-order valence-corrected chi connectivity index (χ3v) is 2.72. The zero-order valence-electron chi connectivity index (χ0n) is 9.16. The molecule has 0 saturated heterocycles. The monoisotopic (exact) mass is 227 g/mol. The molecule has 0 aromatic carbocycles. The number of hydrogen-bond donors (Lipinski definition) is 1. The molecule has 0 aliphatic rings. The molecule has 1 aromatic rings. The average molecular weight is 227 g/mol. The van der Waals surface area contributed by atoms with E-state index in [0.29, 0.717) is 18.9 Å². The van der Waals surface area contributed by atoms with Gasteiger partial charge in [0, 0.05) is 11.3 Å². The molecule has 4 heteroatoms. The smallest absolute Gasteiger partial charge is 0.243 e. The SMILES string of the molecule is CC(C)CONC(=O)CCc1cccs1. The second-order valence-electron chi connectivity index (χ2n) is 3.81. The van der Waals surface area contributed by atoms with Gasteiger partial charge in [0.15, 0.2) is 0 Å². The fourth-order valence-corrected chi connectivity index (χ4v) is 1.74. The molecule has 1 N–H and O–H groups in total. The number of amides is 1. The summed E-state index contributed by atoms with van der Waals surface area (Å²) in [5, 5.41) is 2.02. The molecule has 1 amide bonds. The summed E-state index contributed by atoms with van der Waals surface area (Å²) in [6.07, 6.45) is 1.27. The van der Waals surface area contributed by atoms with Crippen LogP contribution in [-0.2, 0) is 16.1 Å². The molecule has 1 rings (SSSR count). The molecule has 84 valence electrons. The molecule has 0 saturated carbocycles. The first-order chi connectivity index (χ1) is 7.18. The van der Waals surface area contributed by atoms with E-state index in [1.54, 1.807) is 11.3 Å². The van der Waals surface area contributed by atoms with Crippen LogP contribution < -0.4 is 5.48 Å². The van der Waals surface area contributed by atoms with E-state index in [2.05, 4.69) is 5.48 Å². The van der Waals surface area contributed by atoms with Gasteiger partial charge in [-0.3, -0.25) is 9.63 Å². The van der Waals surface area contributed by atoms with Gasteiger partial charge in [0.05, 0.1) is 6.61 Å². The van der Waals surface area contributed by atoms with Crippen LogP contribution in [0.25, 0.3) is 0 Å². The Morgan fingerprint density at radius 3 is 3.00 bits per heavy atom. The second-order valence-corrected chi connectivity index (χ2v) is 4.84. The number of thiophene rings is 1. The lowest BCUT2D eigenvalue weighted by atomic mass is 10.2. The number of rotatable bonds is 6. The Hall–Kier alpha value is -0.870. The van der Waals surface area contributed by atoms with E-state index in [4.69, 9.17) is 4.84 Å². The summed E-state index contributed by atoms with van der Waals surface area (Å²) < 4.78 is 0. The molecule has 0 aliphatic heterocycles. The predicted octanol–water partition coefficient (Wildman–Crippen LogP) is 2.38. The molecule has 0 spiro atoms. The van der Waals surface area contributed by atoms with Crippen LogP contribution in [0.1, 0.15) is 25.1 Å². The largest absolute Gasteiger partial charge is 0.273 e. The highest BCUT2D eigenvalue weighted by Crippen LogP contribution is 2.10. The van der Waals surface area contributed by atoms with E-state index in [9.17, 15) is 4.79 Å². The standard InChI is InChI=1S/C11H17NO2S/c1-9(2)8-14-12-11(13)6-5-10-4-3-7-15-10/h3-4,7,9H,5-6,8H2,1-2H3,(H,12,13). The van der Waals surface area contributed by atoms with Crippen molar-refractivity contribution in [1.82, 2.24) is 5.48 Å². The van der Waals surface area contributed by atoms with Crippen LogP contribution in [0.15, 0.2) is 17.5 Å². The van der Waals surface area contributed by atoms with E-state index in [0.717, 1.165) is 6.42 Å². The number of carbonyl (C=O) groups is 1. The van der Waals surface area contributed by atoms with Gasteiger partial charge in [0.2, 0.25) is 5.91 Å². The lowest BCUT2D eigenvalue weighted by Crippen LogP contribution is -2.25. The normalized spacial score (nSPS) is 10.6. The lowest BCUT2D eigenvalue weighted by Gasteiger charge is -2.07. The quantitative estimate of drug-likeness (QED) is 0.758. The zero-order chi connectivity index (χ0) is 11.1. The van der Waals surface area contributed by atoms with Crippen molar-refractivity contribution in [2.24, 2.45) is 5.92 Å². The van der Waals surface area contributed by atoms with Crippen molar-refractivity contribution in [3.8, 4) is 0 Å². The molecule has 0 radical (unpaired) electrons. The first-order valence-corrected chi connectivity index (χ1v) is 5.99. The average Bonchev–Trinajstić information content (AvgIpc) is 2.66. The van der Waals surface area contributed by atoms with E-state index in [1.165, 1.54) is 4.88 Å². The van der Waals surface area contributed by atoms with E-state index < -0.39 is 0 Å². The van der Waals surface area contributed by atoms with Gasteiger partial charge in [-0.05, 0) is 23.8 Å². The first kappa shape index (κ1) is 12.2. The Bertz CT molecular complexity index is 283. The van der Waals surface area contributed by atoms with Crippen LogP contribution in [0, 0.1) is 5.92 Å². The molecule has 0 unspecified atom stereocenters. The topological polar surface area (TPSA) is 38.3 Å². The Kier molecular flexibility index (Phi) is 5.36. The fourth-order valence-electron chi connectivity index (χ4n) is 1.03. The van der Waals surface area contributed by atoms with Gasteiger partial charge in [-0.1, -0.05) is 19.9 Å². The number of hydrogen-bond acceptors (Lipinski definition) is 3. The Morgan fingerprint density at radius 2 is 2.40 bits per heavy atom. The minimum absolute atomic E-state index is 0.0518. The summed E-state index contributed by atoms with van der Waals surface area (Å²) >= 11 is 1.67. The van der Waals surface area contributed by atoms with Crippen LogP contribution >= 0.6 is 11.3 Å². The van der Waals surface area contributed by atoms with Crippen LogP contribution in [-0.4, -0.2) is 12.5 Å². The van der Waals surface area contributed by atoms with Crippen molar-refractivity contribution in [1.29, 1.82) is 0 Å². The predicted molar refractivity (Wildman–Crippen MR) is 61.6 cm³/mol. The molecule has 1 heterocycles. The van der Waals surface area contributed by atoms with Crippen molar-refractivity contribution in [3.63, 3.8) is 0 Å². The molecule has 0 aliphatic carbocycles. The van der Waals surface area contributed by atoms with Gasteiger partial charge in [0.1, 0.15) is 0 Å². The van der Waals surface area contributed by atoms with Crippen LogP contribution in [0.2, 0.25) is 0 Å². The van der Waals surface area contributed by atoms with E-state index >= 15 is 0 Å². The summed E-state index contributed by atoms with van der Waals surface area (Å²) in [6, 6.07) is 4.03. The lowest BCUT2D eigenvalue weighted by molar-refractivity contribution is -0.134. The minimum atomic E-state index is -0.0518. The Morgan fingerprint density at radius 1 is 1.60 bits per heavy atom. The highest BCUT2D eigenvalue weighted by Gasteiger charge is 2.03. The fraction of sp³-hybridized carbons (Fsp3) is 0.545. The number of carbonyl (C=O) groups excluding carboxylic acids is 1. The summed E-state index contributed by atoms with van der Waals surface area (Å²) in [6.45, 7) is 4.64. The van der Waals surface area contributed by atoms with Gasteiger partial charge in [-0.25, -0.2) is 5.48 Å².